The SMILES string of the molecule is CCS(=O)(=O)c1ccccc1NC(=O)CSc1ccc(C(N)=O)cc1[N+](=O)[O-]. The van der Waals surface area contributed by atoms with Crippen molar-refractivity contribution in [3.63, 3.8) is 0 Å². The summed E-state index contributed by atoms with van der Waals surface area (Å²) in [4.78, 5) is 34.1. The van der Waals surface area contributed by atoms with Crippen LogP contribution >= 0.6 is 11.8 Å². The first kappa shape index (κ1) is 21.4. The molecule has 0 saturated carbocycles. The maximum atomic E-state index is 12.2. The van der Waals surface area contributed by atoms with Crippen LogP contribution in [0.15, 0.2) is 52.3 Å². The van der Waals surface area contributed by atoms with Gasteiger partial charge in [0, 0.05) is 11.6 Å². The molecule has 2 amide bonds. The monoisotopic (exact) mass is 423 g/mol. The number of anilines is 1. The summed E-state index contributed by atoms with van der Waals surface area (Å²) in [5, 5.41) is 13.7. The number of nitrogens with zero attached hydrogens (tertiary/aromatic N) is 1. The molecule has 0 spiro atoms. The molecule has 0 unspecified atom stereocenters. The van der Waals surface area contributed by atoms with Crippen LogP contribution < -0.4 is 11.1 Å². The maximum absolute atomic E-state index is 12.2. The number of nitrogens with two attached hydrogens (primary N) is 1. The third-order valence-electron chi connectivity index (χ3n) is 3.68. The minimum atomic E-state index is -3.53. The van der Waals surface area contributed by atoms with Crippen molar-refractivity contribution in [2.75, 3.05) is 16.8 Å². The minimum absolute atomic E-state index is 0.00708. The third-order valence-corrected chi connectivity index (χ3v) is 6.52. The van der Waals surface area contributed by atoms with Gasteiger partial charge in [-0.25, -0.2) is 8.42 Å². The molecule has 0 bridgehead atoms. The number of rotatable bonds is 8. The molecule has 11 heteroatoms. The second-order valence-corrected chi connectivity index (χ2v) is 8.80. The number of benzene rings is 2. The molecule has 0 atom stereocenters. The Kier molecular flexibility index (Phi) is 6.75. The van der Waals surface area contributed by atoms with E-state index >= 15 is 0 Å². The van der Waals surface area contributed by atoms with Crippen molar-refractivity contribution in [2.45, 2.75) is 16.7 Å². The van der Waals surface area contributed by atoms with E-state index in [0.717, 1.165) is 17.8 Å². The maximum Gasteiger partial charge on any atom is 0.283 e. The van der Waals surface area contributed by atoms with Crippen molar-refractivity contribution in [1.82, 2.24) is 0 Å². The van der Waals surface area contributed by atoms with Crippen molar-refractivity contribution in [2.24, 2.45) is 5.73 Å². The fourth-order valence-electron chi connectivity index (χ4n) is 2.26. The molecule has 3 N–H and O–H groups in total. The lowest BCUT2D eigenvalue weighted by atomic mass is 10.2. The Bertz CT molecular complexity index is 1040. The van der Waals surface area contributed by atoms with E-state index in [1.165, 1.54) is 31.2 Å². The third kappa shape index (κ3) is 5.08. The second kappa shape index (κ2) is 8.85. The summed E-state index contributed by atoms with van der Waals surface area (Å²) in [7, 11) is -3.53. The van der Waals surface area contributed by atoms with E-state index in [9.17, 15) is 28.1 Å². The van der Waals surface area contributed by atoms with Crippen molar-refractivity contribution in [3.05, 3.63) is 58.1 Å². The molecule has 0 aliphatic heterocycles. The lowest BCUT2D eigenvalue weighted by Gasteiger charge is -2.11. The van der Waals surface area contributed by atoms with Crippen LogP contribution in [0.3, 0.4) is 0 Å². The highest BCUT2D eigenvalue weighted by Crippen LogP contribution is 2.30. The van der Waals surface area contributed by atoms with Crippen molar-refractivity contribution in [1.29, 1.82) is 0 Å². The Balaban J connectivity index is 2.16. The van der Waals surface area contributed by atoms with Crippen LogP contribution in [0.5, 0.6) is 0 Å². The van der Waals surface area contributed by atoms with Gasteiger partial charge in [0.15, 0.2) is 9.84 Å². The number of carbonyl (C=O) groups is 2. The van der Waals surface area contributed by atoms with E-state index in [1.807, 2.05) is 0 Å². The predicted octanol–water partition coefficient (Wildman–Crippen LogP) is 2.22. The van der Waals surface area contributed by atoms with E-state index in [4.69, 9.17) is 5.73 Å². The van der Waals surface area contributed by atoms with Gasteiger partial charge in [-0.1, -0.05) is 19.1 Å². The summed E-state index contributed by atoms with van der Waals surface area (Å²) >= 11 is 0.887. The lowest BCUT2D eigenvalue weighted by molar-refractivity contribution is -0.387. The van der Waals surface area contributed by atoms with Gasteiger partial charge in [-0.15, -0.1) is 11.8 Å². The number of amides is 2. The van der Waals surface area contributed by atoms with Crippen LogP contribution in [0.1, 0.15) is 17.3 Å². The average molecular weight is 423 g/mol. The van der Waals surface area contributed by atoms with Crippen LogP contribution in [0.2, 0.25) is 0 Å². The van der Waals surface area contributed by atoms with Gasteiger partial charge in [-0.2, -0.15) is 0 Å². The fraction of sp³-hybridized carbons (Fsp3) is 0.176. The lowest BCUT2D eigenvalue weighted by Crippen LogP contribution is -2.17. The molecule has 0 saturated heterocycles. The highest BCUT2D eigenvalue weighted by atomic mass is 32.2. The number of para-hydroxylation sites is 1. The van der Waals surface area contributed by atoms with E-state index in [1.54, 1.807) is 12.1 Å². The van der Waals surface area contributed by atoms with E-state index < -0.39 is 26.6 Å². The number of nitrogens with one attached hydrogen (secondary N) is 1. The largest absolute Gasteiger partial charge is 0.366 e. The zero-order chi connectivity index (χ0) is 20.9. The summed E-state index contributed by atoms with van der Waals surface area (Å²) in [6.45, 7) is 1.50. The summed E-state index contributed by atoms with van der Waals surface area (Å²) in [5.41, 5.74) is 4.91. The summed E-state index contributed by atoms with van der Waals surface area (Å²) in [6, 6.07) is 9.72. The van der Waals surface area contributed by atoms with E-state index in [-0.39, 0.29) is 38.2 Å². The van der Waals surface area contributed by atoms with Crippen LogP contribution in [0.4, 0.5) is 11.4 Å². The molecule has 148 valence electrons. The molecular formula is C17H17N3O6S2. The van der Waals surface area contributed by atoms with Gasteiger partial charge in [0.05, 0.1) is 31.9 Å². The smallest absolute Gasteiger partial charge is 0.283 e. The summed E-state index contributed by atoms with van der Waals surface area (Å²) < 4.78 is 24.2. The number of thioether (sulfide) groups is 1. The number of hydrogen-bond acceptors (Lipinski definition) is 7. The Morgan fingerprint density at radius 2 is 1.89 bits per heavy atom. The molecule has 9 nitrogen and oxygen atoms in total. The zero-order valence-electron chi connectivity index (χ0n) is 14.7. The first-order valence-corrected chi connectivity index (χ1v) is 10.6. The molecule has 2 aromatic carbocycles. The number of carbonyl (C=O) groups excluding carboxylic acids is 2. The quantitative estimate of drug-likeness (QED) is 0.375. The van der Waals surface area contributed by atoms with Crippen molar-refractivity contribution in [3.8, 4) is 0 Å². The van der Waals surface area contributed by atoms with Gasteiger partial charge in [0.25, 0.3) is 5.69 Å². The molecule has 0 radical (unpaired) electrons. The number of primary amides is 1. The highest BCUT2D eigenvalue weighted by molar-refractivity contribution is 8.00. The normalized spacial score (nSPS) is 11.0. The minimum Gasteiger partial charge on any atom is -0.366 e. The molecule has 28 heavy (non-hydrogen) atoms. The molecule has 2 aromatic rings. The van der Waals surface area contributed by atoms with Crippen LogP contribution in [0, 0.1) is 10.1 Å². The van der Waals surface area contributed by atoms with E-state index in [0.29, 0.717) is 0 Å². The molecular weight excluding hydrogens is 406 g/mol. The predicted molar refractivity (Wildman–Crippen MR) is 105 cm³/mol. The van der Waals surface area contributed by atoms with Gasteiger partial charge in [-0.05, 0) is 24.3 Å². The fourth-order valence-corrected chi connectivity index (χ4v) is 4.12. The van der Waals surface area contributed by atoms with Gasteiger partial charge >= 0.3 is 0 Å². The van der Waals surface area contributed by atoms with Crippen molar-refractivity contribution < 1.29 is 22.9 Å². The van der Waals surface area contributed by atoms with Gasteiger partial charge < -0.3 is 11.1 Å². The first-order valence-electron chi connectivity index (χ1n) is 7.98. The standard InChI is InChI=1S/C17H17N3O6S2/c1-2-28(25,26)15-6-4-3-5-12(15)19-16(21)10-27-14-8-7-11(17(18)22)9-13(14)20(23)24/h3-9H,2,10H2,1H3,(H2,18,22)(H,19,21). The highest BCUT2D eigenvalue weighted by Gasteiger charge is 2.20. The van der Waals surface area contributed by atoms with Crippen LogP contribution in [-0.4, -0.2) is 36.7 Å². The number of hydrogen-bond donors (Lipinski definition) is 2. The Labute approximate surface area is 165 Å². The first-order chi connectivity index (χ1) is 13.2. The topological polar surface area (TPSA) is 149 Å². The average Bonchev–Trinajstić information content (AvgIpc) is 2.66. The Hall–Kier alpha value is -2.92. The molecule has 2 rings (SSSR count). The summed E-state index contributed by atoms with van der Waals surface area (Å²) in [6.07, 6.45) is 0. The van der Waals surface area contributed by atoms with Gasteiger partial charge in [0.2, 0.25) is 11.8 Å². The molecule has 0 aliphatic carbocycles. The second-order valence-electron chi connectivity index (χ2n) is 5.54. The molecule has 0 aromatic heterocycles. The molecule has 0 heterocycles. The van der Waals surface area contributed by atoms with Gasteiger partial charge in [0.1, 0.15) is 0 Å². The number of sulfone groups is 1. The Morgan fingerprint density at radius 1 is 1.21 bits per heavy atom. The Morgan fingerprint density at radius 3 is 2.50 bits per heavy atom. The van der Waals surface area contributed by atoms with Crippen LogP contribution in [-0.2, 0) is 14.6 Å². The number of nitro groups is 1. The molecule has 0 aliphatic rings. The van der Waals surface area contributed by atoms with Crippen LogP contribution in [0.25, 0.3) is 0 Å². The zero-order valence-corrected chi connectivity index (χ0v) is 16.4. The van der Waals surface area contributed by atoms with Crippen molar-refractivity contribution >= 4 is 44.8 Å². The summed E-state index contributed by atoms with van der Waals surface area (Å²) in [5.74, 6) is -1.65. The van der Waals surface area contributed by atoms with Gasteiger partial charge in [-0.3, -0.25) is 19.7 Å². The number of nitro benzene ring substituents is 1. The molecule has 0 fully saturated rings. The van der Waals surface area contributed by atoms with E-state index in [2.05, 4.69) is 5.32 Å².